The fourth-order valence-corrected chi connectivity index (χ4v) is 7.21. The van der Waals surface area contributed by atoms with Crippen LogP contribution in [0.5, 0.6) is 0 Å². The predicted molar refractivity (Wildman–Crippen MR) is 202 cm³/mol. The lowest BCUT2D eigenvalue weighted by Crippen LogP contribution is -2.10. The molecule has 0 unspecified atom stereocenters. The van der Waals surface area contributed by atoms with Crippen LogP contribution < -0.4 is 4.90 Å². The first-order valence-electron chi connectivity index (χ1n) is 16.4. The smallest absolute Gasteiger partial charge is 0.227 e. The molecule has 0 spiro atoms. The van der Waals surface area contributed by atoms with Gasteiger partial charge in [0.25, 0.3) is 0 Å². The molecule has 0 aliphatic rings. The van der Waals surface area contributed by atoms with Crippen molar-refractivity contribution in [2.24, 2.45) is 0 Å². The Morgan fingerprint density at radius 2 is 1.04 bits per heavy atom. The highest BCUT2D eigenvalue weighted by atomic mass is 16.3. The normalized spacial score (nSPS) is 11.7. The molecule has 0 bridgehead atoms. The average molecular weight is 629 g/mol. The maximum Gasteiger partial charge on any atom is 0.227 e. The van der Waals surface area contributed by atoms with Crippen LogP contribution in [0, 0.1) is 0 Å². The standard InChI is InChI=1S/C45H28N2O2/c1-2-8-29(9-3-1)30-17-22-34(23-18-30)47(39-12-6-14-41-44(39)36-10-4-5-13-40(36)48-41)35-24-19-31(20-25-35)33-16-15-32-21-26-42-43(38(32)28-33)37-11-7-27-46-45(37)49-42/h1-28H. The predicted octanol–water partition coefficient (Wildman–Crippen LogP) is 12.8. The summed E-state index contributed by atoms with van der Waals surface area (Å²) in [6, 6.07) is 57.6. The van der Waals surface area contributed by atoms with Gasteiger partial charge >= 0.3 is 0 Å². The Kier molecular flexibility index (Phi) is 6.15. The van der Waals surface area contributed by atoms with E-state index < -0.39 is 0 Å². The minimum absolute atomic E-state index is 0.664. The first-order valence-corrected chi connectivity index (χ1v) is 16.4. The van der Waals surface area contributed by atoms with Crippen molar-refractivity contribution in [1.29, 1.82) is 0 Å². The van der Waals surface area contributed by atoms with Crippen LogP contribution in [0.25, 0.3) is 77.0 Å². The molecule has 0 saturated heterocycles. The maximum atomic E-state index is 6.32. The van der Waals surface area contributed by atoms with Crippen LogP contribution in [0.15, 0.2) is 179 Å². The summed E-state index contributed by atoms with van der Waals surface area (Å²) in [6.45, 7) is 0. The summed E-state index contributed by atoms with van der Waals surface area (Å²) >= 11 is 0. The van der Waals surface area contributed by atoms with Crippen molar-refractivity contribution in [3.05, 3.63) is 170 Å². The van der Waals surface area contributed by atoms with E-state index in [2.05, 4.69) is 149 Å². The van der Waals surface area contributed by atoms with Gasteiger partial charge in [0.2, 0.25) is 5.71 Å². The lowest BCUT2D eigenvalue weighted by molar-refractivity contribution is 0.654. The van der Waals surface area contributed by atoms with Gasteiger partial charge in [-0.05, 0) is 99.8 Å². The van der Waals surface area contributed by atoms with Gasteiger partial charge in [-0.2, -0.15) is 0 Å². The second-order valence-electron chi connectivity index (χ2n) is 12.4. The molecule has 0 amide bonds. The highest BCUT2D eigenvalue weighted by Crippen LogP contribution is 2.44. The van der Waals surface area contributed by atoms with Crippen LogP contribution >= 0.6 is 0 Å². The molecule has 0 saturated carbocycles. The third kappa shape index (κ3) is 4.49. The molecule has 49 heavy (non-hydrogen) atoms. The van der Waals surface area contributed by atoms with Crippen LogP contribution in [0.3, 0.4) is 0 Å². The SMILES string of the molecule is c1ccc(-c2ccc(N(c3ccc(-c4ccc5ccc6oc7ncccc7c6c5c4)cc3)c3cccc4oc5ccccc5c34)cc2)cc1. The monoisotopic (exact) mass is 628 g/mol. The van der Waals surface area contributed by atoms with Crippen molar-refractivity contribution in [3.63, 3.8) is 0 Å². The van der Waals surface area contributed by atoms with Gasteiger partial charge < -0.3 is 13.7 Å². The Hall–Kier alpha value is -6.65. The Labute approximate surface area is 282 Å². The summed E-state index contributed by atoms with van der Waals surface area (Å²) in [5, 5.41) is 6.65. The number of nitrogens with zero attached hydrogens (tertiary/aromatic N) is 2. The van der Waals surface area contributed by atoms with Crippen molar-refractivity contribution < 1.29 is 8.83 Å². The summed E-state index contributed by atoms with van der Waals surface area (Å²) in [5.74, 6) is 0. The first kappa shape index (κ1) is 27.5. The molecular weight excluding hydrogens is 601 g/mol. The lowest BCUT2D eigenvalue weighted by atomic mass is 9.98. The Balaban J connectivity index is 1.11. The third-order valence-electron chi connectivity index (χ3n) is 9.54. The largest absolute Gasteiger partial charge is 0.456 e. The molecule has 0 atom stereocenters. The molecule has 3 aromatic heterocycles. The molecule has 0 aliphatic carbocycles. The molecule has 4 nitrogen and oxygen atoms in total. The summed E-state index contributed by atoms with van der Waals surface area (Å²) in [7, 11) is 0. The van der Waals surface area contributed by atoms with Crippen molar-refractivity contribution in [2.45, 2.75) is 0 Å². The van der Waals surface area contributed by atoms with Gasteiger partial charge in [0.1, 0.15) is 16.7 Å². The van der Waals surface area contributed by atoms with E-state index in [0.29, 0.717) is 5.71 Å². The molecule has 230 valence electrons. The zero-order valence-corrected chi connectivity index (χ0v) is 26.4. The zero-order valence-electron chi connectivity index (χ0n) is 26.4. The van der Waals surface area contributed by atoms with E-state index >= 15 is 0 Å². The fourth-order valence-electron chi connectivity index (χ4n) is 7.21. The quantitative estimate of drug-likeness (QED) is 0.190. The summed E-state index contributed by atoms with van der Waals surface area (Å²) < 4.78 is 12.4. The Morgan fingerprint density at radius 3 is 1.86 bits per heavy atom. The average Bonchev–Trinajstić information content (AvgIpc) is 3.75. The molecule has 3 heterocycles. The van der Waals surface area contributed by atoms with Gasteiger partial charge in [0.05, 0.1) is 11.1 Å². The number of aromatic nitrogens is 1. The minimum atomic E-state index is 0.664. The van der Waals surface area contributed by atoms with Gasteiger partial charge in [0.15, 0.2) is 0 Å². The van der Waals surface area contributed by atoms with Gasteiger partial charge in [-0.1, -0.05) is 97.1 Å². The van der Waals surface area contributed by atoms with E-state index in [1.54, 1.807) is 6.20 Å². The molecule has 0 fully saturated rings. The second kappa shape index (κ2) is 11.0. The molecule has 0 aliphatic heterocycles. The summed E-state index contributed by atoms with van der Waals surface area (Å²) in [4.78, 5) is 6.79. The topological polar surface area (TPSA) is 42.4 Å². The number of hydrogen-bond acceptors (Lipinski definition) is 4. The number of benzene rings is 7. The van der Waals surface area contributed by atoms with E-state index in [1.807, 2.05) is 24.3 Å². The molecule has 10 aromatic rings. The van der Waals surface area contributed by atoms with Crippen molar-refractivity contribution in [2.75, 3.05) is 4.90 Å². The molecular formula is C45H28N2O2. The van der Waals surface area contributed by atoms with Crippen LogP contribution in [0.2, 0.25) is 0 Å². The van der Waals surface area contributed by atoms with Gasteiger partial charge in [-0.3, -0.25) is 0 Å². The van der Waals surface area contributed by atoms with Gasteiger partial charge in [0, 0.05) is 33.7 Å². The van der Waals surface area contributed by atoms with Crippen molar-refractivity contribution in [3.8, 4) is 22.3 Å². The van der Waals surface area contributed by atoms with E-state index in [1.165, 1.54) is 16.5 Å². The highest BCUT2D eigenvalue weighted by molar-refractivity contribution is 6.19. The van der Waals surface area contributed by atoms with Gasteiger partial charge in [-0.15, -0.1) is 0 Å². The molecule has 0 N–H and O–H groups in total. The molecule has 4 heteroatoms. The van der Waals surface area contributed by atoms with Crippen LogP contribution in [-0.4, -0.2) is 4.98 Å². The number of hydrogen-bond donors (Lipinski definition) is 0. The number of furan rings is 2. The highest BCUT2D eigenvalue weighted by Gasteiger charge is 2.20. The Bertz CT molecular complexity index is 2810. The second-order valence-corrected chi connectivity index (χ2v) is 12.4. The first-order chi connectivity index (χ1) is 24.3. The maximum absolute atomic E-state index is 6.32. The minimum Gasteiger partial charge on any atom is -0.456 e. The lowest BCUT2D eigenvalue weighted by Gasteiger charge is -2.26. The van der Waals surface area contributed by atoms with Crippen molar-refractivity contribution in [1.82, 2.24) is 4.98 Å². The van der Waals surface area contributed by atoms with Crippen LogP contribution in [-0.2, 0) is 0 Å². The summed E-state index contributed by atoms with van der Waals surface area (Å²) in [6.07, 6.45) is 1.77. The van der Waals surface area contributed by atoms with Gasteiger partial charge in [-0.25, -0.2) is 4.98 Å². The number of pyridine rings is 1. The number of anilines is 3. The number of rotatable bonds is 5. The molecule has 10 rings (SSSR count). The molecule has 7 aromatic carbocycles. The van der Waals surface area contributed by atoms with E-state index in [9.17, 15) is 0 Å². The summed E-state index contributed by atoms with van der Waals surface area (Å²) in [5.41, 5.74) is 11.1. The number of para-hydroxylation sites is 1. The third-order valence-corrected chi connectivity index (χ3v) is 9.54. The van der Waals surface area contributed by atoms with Crippen LogP contribution in [0.1, 0.15) is 0 Å². The van der Waals surface area contributed by atoms with Crippen molar-refractivity contribution >= 4 is 71.8 Å². The van der Waals surface area contributed by atoms with E-state index in [4.69, 9.17) is 8.83 Å². The van der Waals surface area contributed by atoms with E-state index in [-0.39, 0.29) is 0 Å². The van der Waals surface area contributed by atoms with Crippen LogP contribution in [0.4, 0.5) is 17.1 Å². The zero-order chi connectivity index (χ0) is 32.3. The molecule has 0 radical (unpaired) electrons. The number of fused-ring (bicyclic) bond motifs is 8. The van der Waals surface area contributed by atoms with E-state index in [0.717, 1.165) is 71.9 Å². The Morgan fingerprint density at radius 1 is 0.408 bits per heavy atom. The fraction of sp³-hybridized carbons (Fsp3) is 0.